The van der Waals surface area contributed by atoms with E-state index in [0.29, 0.717) is 6.54 Å². The maximum Gasteiger partial charge on any atom is 0.303 e. The fraction of sp³-hybridized carbons (Fsp3) is 0.385. The Morgan fingerprint density at radius 1 is 1.24 bits per heavy atom. The quantitative estimate of drug-likeness (QED) is 0.817. The summed E-state index contributed by atoms with van der Waals surface area (Å²) in [4.78, 5) is 21.6. The molecule has 0 saturated heterocycles. The third-order valence-corrected chi connectivity index (χ3v) is 2.55. The topological polar surface area (TPSA) is 66.4 Å². The third kappa shape index (κ3) is 4.68. The summed E-state index contributed by atoms with van der Waals surface area (Å²) in [6, 6.07) is 6.05. The van der Waals surface area contributed by atoms with E-state index < -0.39 is 5.97 Å². The van der Waals surface area contributed by atoms with Crippen molar-refractivity contribution < 1.29 is 14.7 Å². The highest BCUT2D eigenvalue weighted by Crippen LogP contribution is 2.10. The summed E-state index contributed by atoms with van der Waals surface area (Å²) in [5.41, 5.74) is 3.33. The molecule has 0 aliphatic rings. The Kier molecular flexibility index (Phi) is 4.69. The molecule has 0 saturated carbocycles. The summed E-state index contributed by atoms with van der Waals surface area (Å²) >= 11 is 0. The van der Waals surface area contributed by atoms with E-state index in [2.05, 4.69) is 5.32 Å². The highest BCUT2D eigenvalue weighted by atomic mass is 16.4. The van der Waals surface area contributed by atoms with E-state index in [4.69, 9.17) is 5.11 Å². The van der Waals surface area contributed by atoms with Gasteiger partial charge in [0.2, 0.25) is 5.91 Å². The summed E-state index contributed by atoms with van der Waals surface area (Å²) in [5, 5.41) is 11.2. The van der Waals surface area contributed by atoms with Gasteiger partial charge in [0.1, 0.15) is 0 Å². The number of carboxylic acid groups (broad SMARTS) is 1. The van der Waals surface area contributed by atoms with Gasteiger partial charge >= 0.3 is 5.97 Å². The predicted molar refractivity (Wildman–Crippen MR) is 64.6 cm³/mol. The predicted octanol–water partition coefficient (Wildman–Crippen LogP) is 1.78. The average molecular weight is 235 g/mol. The number of hydrogen-bond acceptors (Lipinski definition) is 2. The number of hydrogen-bond donors (Lipinski definition) is 2. The van der Waals surface area contributed by atoms with Gasteiger partial charge < -0.3 is 10.4 Å². The lowest BCUT2D eigenvalue weighted by Gasteiger charge is -2.08. The fourth-order valence-corrected chi connectivity index (χ4v) is 1.49. The zero-order chi connectivity index (χ0) is 12.8. The van der Waals surface area contributed by atoms with Crippen LogP contribution < -0.4 is 5.32 Å². The molecule has 0 spiro atoms. The van der Waals surface area contributed by atoms with Gasteiger partial charge in [0.15, 0.2) is 0 Å². The lowest BCUT2D eigenvalue weighted by molar-refractivity contribution is -0.138. The molecule has 17 heavy (non-hydrogen) atoms. The minimum Gasteiger partial charge on any atom is -0.481 e. The number of benzene rings is 1. The van der Waals surface area contributed by atoms with Crippen molar-refractivity contribution in [2.45, 2.75) is 33.2 Å². The van der Waals surface area contributed by atoms with E-state index in [0.717, 1.165) is 16.7 Å². The van der Waals surface area contributed by atoms with Gasteiger partial charge in [-0.3, -0.25) is 9.59 Å². The monoisotopic (exact) mass is 235 g/mol. The van der Waals surface area contributed by atoms with Gasteiger partial charge in [-0.15, -0.1) is 0 Å². The molecule has 0 aliphatic heterocycles. The van der Waals surface area contributed by atoms with E-state index in [-0.39, 0.29) is 18.7 Å². The first kappa shape index (κ1) is 13.2. The minimum absolute atomic E-state index is 0.0280. The number of aliphatic carboxylic acids is 1. The van der Waals surface area contributed by atoms with E-state index in [1.54, 1.807) is 0 Å². The Morgan fingerprint density at radius 3 is 2.59 bits per heavy atom. The van der Waals surface area contributed by atoms with Crippen molar-refractivity contribution in [2.75, 3.05) is 0 Å². The molecule has 0 fully saturated rings. The normalized spacial score (nSPS) is 10.0. The highest BCUT2D eigenvalue weighted by Gasteiger charge is 2.06. The molecule has 0 radical (unpaired) electrons. The van der Waals surface area contributed by atoms with Crippen molar-refractivity contribution in [3.63, 3.8) is 0 Å². The van der Waals surface area contributed by atoms with Crippen LogP contribution in [0, 0.1) is 13.8 Å². The molecule has 0 aromatic heterocycles. The van der Waals surface area contributed by atoms with Crippen LogP contribution >= 0.6 is 0 Å². The second kappa shape index (κ2) is 6.03. The van der Waals surface area contributed by atoms with E-state index in [9.17, 15) is 9.59 Å². The minimum atomic E-state index is -0.952. The average Bonchev–Trinajstić information content (AvgIpc) is 2.27. The van der Waals surface area contributed by atoms with Crippen molar-refractivity contribution in [1.29, 1.82) is 0 Å². The highest BCUT2D eigenvalue weighted by molar-refractivity contribution is 5.80. The summed E-state index contributed by atoms with van der Waals surface area (Å²) < 4.78 is 0. The summed E-state index contributed by atoms with van der Waals surface area (Å²) in [7, 11) is 0. The first-order valence-electron chi connectivity index (χ1n) is 5.53. The van der Waals surface area contributed by atoms with Crippen LogP contribution in [0.15, 0.2) is 18.2 Å². The summed E-state index contributed by atoms with van der Waals surface area (Å²) in [6.07, 6.45) is -0.0984. The van der Waals surface area contributed by atoms with Crippen LogP contribution in [0.3, 0.4) is 0 Å². The van der Waals surface area contributed by atoms with E-state index in [1.807, 2.05) is 32.0 Å². The molecular formula is C13H17NO3. The van der Waals surface area contributed by atoms with Crippen molar-refractivity contribution in [3.05, 3.63) is 34.9 Å². The van der Waals surface area contributed by atoms with Gasteiger partial charge in [-0.2, -0.15) is 0 Å². The number of aryl methyl sites for hydroxylation is 2. The molecule has 1 aromatic rings. The van der Waals surface area contributed by atoms with Gasteiger partial charge in [0.05, 0.1) is 6.42 Å². The van der Waals surface area contributed by atoms with Crippen molar-refractivity contribution in [3.8, 4) is 0 Å². The number of nitrogens with one attached hydrogen (secondary N) is 1. The zero-order valence-electron chi connectivity index (χ0n) is 10.1. The molecule has 1 rings (SSSR count). The lowest BCUT2D eigenvalue weighted by atomic mass is 10.1. The number of carboxylic acids is 1. The Labute approximate surface area is 101 Å². The number of carbonyl (C=O) groups is 2. The Bertz CT molecular complexity index is 427. The van der Waals surface area contributed by atoms with Crippen molar-refractivity contribution in [2.24, 2.45) is 0 Å². The van der Waals surface area contributed by atoms with Gasteiger partial charge in [-0.25, -0.2) is 0 Å². The second-order valence-corrected chi connectivity index (χ2v) is 4.10. The van der Waals surface area contributed by atoms with Crippen LogP contribution in [0.5, 0.6) is 0 Å². The van der Waals surface area contributed by atoms with Gasteiger partial charge in [0.25, 0.3) is 0 Å². The molecule has 0 aliphatic carbocycles. The molecule has 4 nitrogen and oxygen atoms in total. The maximum absolute atomic E-state index is 11.3. The van der Waals surface area contributed by atoms with Crippen molar-refractivity contribution >= 4 is 11.9 Å². The first-order chi connectivity index (χ1) is 7.99. The molecule has 92 valence electrons. The zero-order valence-corrected chi connectivity index (χ0v) is 10.1. The maximum atomic E-state index is 11.3. The molecule has 2 N–H and O–H groups in total. The Balaban J connectivity index is 2.47. The molecule has 0 bridgehead atoms. The molecule has 0 atom stereocenters. The van der Waals surface area contributed by atoms with Gasteiger partial charge in [0, 0.05) is 13.0 Å². The van der Waals surface area contributed by atoms with E-state index in [1.165, 1.54) is 0 Å². The summed E-state index contributed by atoms with van der Waals surface area (Å²) in [6.45, 7) is 4.43. The number of amides is 1. The van der Waals surface area contributed by atoms with Crippen LogP contribution in [0.4, 0.5) is 0 Å². The van der Waals surface area contributed by atoms with Crippen LogP contribution in [0.2, 0.25) is 0 Å². The molecule has 4 heteroatoms. The molecule has 0 heterocycles. The van der Waals surface area contributed by atoms with Crippen LogP contribution in [-0.2, 0) is 16.1 Å². The Hall–Kier alpha value is -1.84. The largest absolute Gasteiger partial charge is 0.481 e. The van der Waals surface area contributed by atoms with Crippen LogP contribution in [0.1, 0.15) is 29.5 Å². The number of carbonyl (C=O) groups excluding carboxylic acids is 1. The smallest absolute Gasteiger partial charge is 0.303 e. The number of rotatable bonds is 5. The standard InChI is InChI=1S/C13H17NO3/c1-9-3-4-10(2)11(7-9)8-14-12(15)5-6-13(16)17/h3-4,7H,5-6,8H2,1-2H3,(H,14,15)(H,16,17). The van der Waals surface area contributed by atoms with E-state index >= 15 is 0 Å². The lowest BCUT2D eigenvalue weighted by Crippen LogP contribution is -2.23. The van der Waals surface area contributed by atoms with Gasteiger partial charge in [-0.05, 0) is 25.0 Å². The molecular weight excluding hydrogens is 218 g/mol. The van der Waals surface area contributed by atoms with Crippen LogP contribution in [0.25, 0.3) is 0 Å². The summed E-state index contributed by atoms with van der Waals surface area (Å²) in [5.74, 6) is -1.18. The fourth-order valence-electron chi connectivity index (χ4n) is 1.49. The molecule has 1 aromatic carbocycles. The second-order valence-electron chi connectivity index (χ2n) is 4.10. The van der Waals surface area contributed by atoms with Crippen molar-refractivity contribution in [1.82, 2.24) is 5.32 Å². The first-order valence-corrected chi connectivity index (χ1v) is 5.53. The Morgan fingerprint density at radius 2 is 1.94 bits per heavy atom. The third-order valence-electron chi connectivity index (χ3n) is 2.55. The SMILES string of the molecule is Cc1ccc(C)c(CNC(=O)CCC(=O)O)c1. The molecule has 0 unspecified atom stereocenters. The van der Waals surface area contributed by atoms with Gasteiger partial charge in [-0.1, -0.05) is 23.8 Å². The van der Waals surface area contributed by atoms with Crippen LogP contribution in [-0.4, -0.2) is 17.0 Å². The molecule has 1 amide bonds.